The number of phenolic OH excluding ortho intramolecular Hbond substituents is 1. The minimum atomic E-state index is -2.23. The summed E-state index contributed by atoms with van der Waals surface area (Å²) in [5, 5.41) is 25.5. The van der Waals surface area contributed by atoms with Gasteiger partial charge in [0.25, 0.3) is 5.69 Å². The molecule has 0 saturated carbocycles. The van der Waals surface area contributed by atoms with Crippen LogP contribution in [0.5, 0.6) is 5.75 Å². The molecule has 0 aliphatic carbocycles. The molecule has 4 nitrogen and oxygen atoms in total. The van der Waals surface area contributed by atoms with Crippen molar-refractivity contribution in [1.29, 1.82) is 0 Å². The van der Waals surface area contributed by atoms with Crippen LogP contribution in [0, 0.1) is 10.1 Å². The molecule has 4 aromatic rings. The number of phenols is 1. The first-order valence-electron chi connectivity index (χ1n) is 9.62. The average molecular weight is 414 g/mol. The topological polar surface area (TPSA) is 63.4 Å². The van der Waals surface area contributed by atoms with Gasteiger partial charge in [0.2, 0.25) is 0 Å². The summed E-state index contributed by atoms with van der Waals surface area (Å²) < 4.78 is 0. The molecule has 0 saturated heterocycles. The van der Waals surface area contributed by atoms with Gasteiger partial charge in [-0.2, -0.15) is 0 Å². The van der Waals surface area contributed by atoms with E-state index in [1.54, 1.807) is 0 Å². The highest BCUT2D eigenvalue weighted by Gasteiger charge is 2.35. The van der Waals surface area contributed by atoms with Crippen LogP contribution >= 0.6 is 7.26 Å². The zero-order chi connectivity index (χ0) is 21.0. The van der Waals surface area contributed by atoms with Crippen molar-refractivity contribution in [2.75, 3.05) is 0 Å². The van der Waals surface area contributed by atoms with Gasteiger partial charge in [0.15, 0.2) is 0 Å². The van der Waals surface area contributed by atoms with Crippen molar-refractivity contribution in [2.45, 2.75) is 6.16 Å². The minimum Gasteiger partial charge on any atom is -0.508 e. The fourth-order valence-corrected chi connectivity index (χ4v) is 8.09. The standard InChI is InChI=1S/C25H21NO3P/c27-25-17-16-21(26(28)29)18-20(25)19-30(22-10-4-1-5-11-22,23-12-6-2-7-13-23)24-14-8-3-9-15-24/h1-18,27H,19H2. The van der Waals surface area contributed by atoms with Gasteiger partial charge in [-0.15, -0.1) is 0 Å². The largest absolute Gasteiger partial charge is 0.508 e. The highest BCUT2D eigenvalue weighted by molar-refractivity contribution is 7.95. The summed E-state index contributed by atoms with van der Waals surface area (Å²) in [6.45, 7) is 0. The molecule has 0 spiro atoms. The first kappa shape index (κ1) is 19.8. The number of benzene rings is 4. The Balaban J connectivity index is 2.01. The van der Waals surface area contributed by atoms with E-state index in [2.05, 4.69) is 36.4 Å². The molecule has 0 amide bonds. The van der Waals surface area contributed by atoms with E-state index in [0.29, 0.717) is 11.7 Å². The first-order chi connectivity index (χ1) is 14.6. The quantitative estimate of drug-likeness (QED) is 0.280. The SMILES string of the molecule is O=[N+]([O-])c1ccc(O)c(C[P](c2ccccc2)(c2ccccc2)c2ccccc2)c1. The lowest BCUT2D eigenvalue weighted by molar-refractivity contribution is -0.384. The number of hydrogen-bond donors (Lipinski definition) is 1. The van der Waals surface area contributed by atoms with Gasteiger partial charge >= 0.3 is 0 Å². The van der Waals surface area contributed by atoms with Crippen LogP contribution < -0.4 is 15.9 Å². The maximum atomic E-state index is 11.4. The van der Waals surface area contributed by atoms with E-state index in [4.69, 9.17) is 0 Å². The summed E-state index contributed by atoms with van der Waals surface area (Å²) in [5.41, 5.74) is 0.559. The summed E-state index contributed by atoms with van der Waals surface area (Å²) >= 11 is 0. The first-order valence-corrected chi connectivity index (χ1v) is 11.6. The number of aromatic hydroxyl groups is 1. The Bertz CT molecular complexity index is 1050. The van der Waals surface area contributed by atoms with Crippen molar-refractivity contribution in [3.8, 4) is 5.75 Å². The fraction of sp³-hybridized carbons (Fsp3) is 0.0400. The summed E-state index contributed by atoms with van der Waals surface area (Å²) in [7, 11) is -2.23. The highest BCUT2D eigenvalue weighted by atomic mass is 31.2. The molecule has 0 aliphatic heterocycles. The van der Waals surface area contributed by atoms with Crippen LogP contribution in [0.4, 0.5) is 5.69 Å². The van der Waals surface area contributed by atoms with Crippen LogP contribution in [0.1, 0.15) is 5.56 Å². The van der Waals surface area contributed by atoms with E-state index in [0.717, 1.165) is 15.9 Å². The zero-order valence-corrected chi connectivity index (χ0v) is 17.2. The predicted octanol–water partition coefficient (Wildman–Crippen LogP) is 4.79. The third kappa shape index (κ3) is 3.70. The Morgan fingerprint density at radius 1 is 0.700 bits per heavy atom. The number of nitro groups is 1. The molecule has 0 unspecified atom stereocenters. The van der Waals surface area contributed by atoms with Gasteiger partial charge in [-0.3, -0.25) is 10.1 Å². The van der Waals surface area contributed by atoms with E-state index in [-0.39, 0.29) is 11.4 Å². The Morgan fingerprint density at radius 3 is 1.53 bits per heavy atom. The monoisotopic (exact) mass is 414 g/mol. The molecule has 0 aliphatic rings. The van der Waals surface area contributed by atoms with E-state index in [9.17, 15) is 15.2 Å². The smallest absolute Gasteiger partial charge is 0.269 e. The molecule has 4 aromatic carbocycles. The van der Waals surface area contributed by atoms with Crippen molar-refractivity contribution in [2.24, 2.45) is 0 Å². The van der Waals surface area contributed by atoms with Gasteiger partial charge in [0, 0.05) is 23.9 Å². The zero-order valence-electron chi connectivity index (χ0n) is 16.3. The Kier molecular flexibility index (Phi) is 5.60. The fourth-order valence-electron chi connectivity index (χ4n) is 3.84. The molecule has 30 heavy (non-hydrogen) atoms. The summed E-state index contributed by atoms with van der Waals surface area (Å²) in [6.07, 6.45) is 0.485. The third-order valence-corrected chi connectivity index (χ3v) is 9.63. The second-order valence-electron chi connectivity index (χ2n) is 7.04. The molecule has 0 atom stereocenters. The summed E-state index contributed by atoms with van der Waals surface area (Å²) in [4.78, 5) is 11.0. The predicted molar refractivity (Wildman–Crippen MR) is 124 cm³/mol. The van der Waals surface area contributed by atoms with Crippen LogP contribution in [-0.4, -0.2) is 10.0 Å². The van der Waals surface area contributed by atoms with Crippen LogP contribution in [0.25, 0.3) is 0 Å². The maximum Gasteiger partial charge on any atom is 0.269 e. The normalized spacial score (nSPS) is 11.2. The maximum absolute atomic E-state index is 11.4. The number of hydrogen-bond acceptors (Lipinski definition) is 3. The number of non-ortho nitro benzene ring substituents is 1. The second kappa shape index (κ2) is 8.48. The summed E-state index contributed by atoms with van der Waals surface area (Å²) in [6, 6.07) is 35.0. The molecule has 1 N–H and O–H groups in total. The molecule has 0 aromatic heterocycles. The number of nitrogens with zero attached hydrogens (tertiary/aromatic N) is 1. The lowest BCUT2D eigenvalue weighted by atomic mass is 10.2. The Hall–Kier alpha value is -3.49. The van der Waals surface area contributed by atoms with Gasteiger partial charge < -0.3 is 5.11 Å². The van der Waals surface area contributed by atoms with Gasteiger partial charge in [-0.1, -0.05) is 91.0 Å². The number of nitro benzene ring substituents is 1. The molecule has 0 bridgehead atoms. The van der Waals surface area contributed by atoms with E-state index in [1.165, 1.54) is 18.2 Å². The summed E-state index contributed by atoms with van der Waals surface area (Å²) in [5.74, 6) is 0.0766. The lowest BCUT2D eigenvalue weighted by Gasteiger charge is -2.38. The lowest BCUT2D eigenvalue weighted by Crippen LogP contribution is -2.32. The Morgan fingerprint density at radius 2 is 1.13 bits per heavy atom. The second-order valence-corrected chi connectivity index (χ2v) is 10.5. The van der Waals surface area contributed by atoms with E-state index >= 15 is 0 Å². The molecule has 4 rings (SSSR count). The van der Waals surface area contributed by atoms with Crippen molar-refractivity contribution in [3.63, 3.8) is 0 Å². The molecule has 1 radical (unpaired) electrons. The van der Waals surface area contributed by atoms with Crippen LogP contribution in [0.15, 0.2) is 109 Å². The average Bonchev–Trinajstić information content (AvgIpc) is 2.80. The molecule has 5 heteroatoms. The van der Waals surface area contributed by atoms with Crippen molar-refractivity contribution >= 4 is 28.9 Å². The minimum absolute atomic E-state index is 0.0184. The van der Waals surface area contributed by atoms with Crippen LogP contribution in [0.3, 0.4) is 0 Å². The third-order valence-electron chi connectivity index (χ3n) is 5.27. The van der Waals surface area contributed by atoms with Gasteiger partial charge in [0.1, 0.15) is 5.75 Å². The number of rotatable bonds is 6. The van der Waals surface area contributed by atoms with Gasteiger partial charge in [-0.25, -0.2) is 0 Å². The molecule has 0 fully saturated rings. The van der Waals surface area contributed by atoms with Gasteiger partial charge in [0.05, 0.1) is 4.92 Å². The Labute approximate surface area is 175 Å². The van der Waals surface area contributed by atoms with Gasteiger partial charge in [-0.05, 0) is 29.2 Å². The molecule has 0 heterocycles. The van der Waals surface area contributed by atoms with Crippen molar-refractivity contribution in [1.82, 2.24) is 0 Å². The highest BCUT2D eigenvalue weighted by Crippen LogP contribution is 2.59. The van der Waals surface area contributed by atoms with E-state index in [1.807, 2.05) is 54.6 Å². The van der Waals surface area contributed by atoms with Crippen LogP contribution in [-0.2, 0) is 6.16 Å². The molecular formula is C25H21NO3P. The van der Waals surface area contributed by atoms with Crippen LogP contribution in [0.2, 0.25) is 0 Å². The van der Waals surface area contributed by atoms with E-state index < -0.39 is 12.2 Å². The van der Waals surface area contributed by atoms with Crippen molar-refractivity contribution in [3.05, 3.63) is 125 Å². The van der Waals surface area contributed by atoms with Crippen molar-refractivity contribution < 1.29 is 10.0 Å². The molecular weight excluding hydrogens is 393 g/mol. The molecule has 149 valence electrons.